The number of nitrogens with zero attached hydrogens (tertiary/aromatic N) is 1. The van der Waals surface area contributed by atoms with E-state index in [0.717, 1.165) is 0 Å². The zero-order chi connectivity index (χ0) is 14.4. The molecule has 7 nitrogen and oxygen atoms in total. The lowest BCUT2D eigenvalue weighted by molar-refractivity contribution is 0.171. The van der Waals surface area contributed by atoms with Crippen molar-refractivity contribution in [2.45, 2.75) is 6.10 Å². The third-order valence-corrected chi connectivity index (χ3v) is 2.71. The molecular weight excluding hydrogens is 260 g/mol. The van der Waals surface area contributed by atoms with Gasteiger partial charge in [0.25, 0.3) is 0 Å². The number of aliphatic hydroxyl groups is 1. The maximum atomic E-state index is 11.6. The highest BCUT2D eigenvalue weighted by atomic mass is 16.5. The fourth-order valence-corrected chi connectivity index (χ4v) is 1.74. The molecule has 7 heteroatoms. The smallest absolute Gasteiger partial charge is 0.319 e. The van der Waals surface area contributed by atoms with Gasteiger partial charge in [-0.2, -0.15) is 5.10 Å². The lowest BCUT2D eigenvalue weighted by Crippen LogP contribution is -2.32. The number of rotatable bonds is 5. The van der Waals surface area contributed by atoms with Crippen LogP contribution in [0.4, 0.5) is 10.5 Å². The zero-order valence-electron chi connectivity index (χ0n) is 11.0. The van der Waals surface area contributed by atoms with E-state index < -0.39 is 12.1 Å². The van der Waals surface area contributed by atoms with Crippen LogP contribution < -0.4 is 15.4 Å². The van der Waals surface area contributed by atoms with Gasteiger partial charge in [0.1, 0.15) is 5.75 Å². The minimum absolute atomic E-state index is 0.0735. The Bertz CT molecular complexity index is 557. The van der Waals surface area contributed by atoms with Crippen LogP contribution in [-0.4, -0.2) is 35.0 Å². The number of aliphatic hydroxyl groups excluding tert-OH is 1. The molecule has 0 aliphatic carbocycles. The number of ether oxygens (including phenoxy) is 1. The van der Waals surface area contributed by atoms with E-state index in [4.69, 9.17) is 4.74 Å². The number of methoxy groups -OCH3 is 1. The van der Waals surface area contributed by atoms with Gasteiger partial charge < -0.3 is 20.5 Å². The van der Waals surface area contributed by atoms with Crippen LogP contribution in [0.5, 0.6) is 5.75 Å². The minimum Gasteiger partial charge on any atom is -0.496 e. The Labute approximate surface area is 116 Å². The van der Waals surface area contributed by atoms with Gasteiger partial charge in [-0.15, -0.1) is 0 Å². The summed E-state index contributed by atoms with van der Waals surface area (Å²) < 4.78 is 5.16. The number of carbonyl (C=O) groups excluding carboxylic acids is 1. The summed E-state index contributed by atoms with van der Waals surface area (Å²) in [5, 5.41) is 21.5. The third kappa shape index (κ3) is 3.48. The number of aromatic amines is 1. The lowest BCUT2D eigenvalue weighted by Gasteiger charge is -2.15. The van der Waals surface area contributed by atoms with Crippen LogP contribution in [0.15, 0.2) is 36.7 Å². The van der Waals surface area contributed by atoms with Gasteiger partial charge in [-0.25, -0.2) is 4.79 Å². The first-order valence-corrected chi connectivity index (χ1v) is 6.05. The monoisotopic (exact) mass is 276 g/mol. The van der Waals surface area contributed by atoms with Crippen LogP contribution in [0.3, 0.4) is 0 Å². The normalized spacial score (nSPS) is 11.7. The first kappa shape index (κ1) is 13.9. The molecule has 1 atom stereocenters. The highest BCUT2D eigenvalue weighted by molar-refractivity contribution is 5.88. The average Bonchev–Trinajstić information content (AvgIpc) is 2.97. The highest BCUT2D eigenvalue weighted by Gasteiger charge is 2.13. The van der Waals surface area contributed by atoms with Crippen molar-refractivity contribution in [2.75, 3.05) is 19.0 Å². The molecule has 0 fully saturated rings. The van der Waals surface area contributed by atoms with Crippen LogP contribution >= 0.6 is 0 Å². The molecule has 1 aromatic carbocycles. The Hall–Kier alpha value is -2.54. The van der Waals surface area contributed by atoms with Crippen LogP contribution in [0.25, 0.3) is 0 Å². The summed E-state index contributed by atoms with van der Waals surface area (Å²) in [5.74, 6) is 0.581. The number of hydrogen-bond donors (Lipinski definition) is 4. The van der Waals surface area contributed by atoms with Crippen molar-refractivity contribution in [3.05, 3.63) is 42.2 Å². The number of H-pyrrole nitrogens is 1. The summed E-state index contributed by atoms with van der Waals surface area (Å²) in [6.45, 7) is 0.0735. The van der Waals surface area contributed by atoms with Crippen molar-refractivity contribution in [1.29, 1.82) is 0 Å². The van der Waals surface area contributed by atoms with E-state index >= 15 is 0 Å². The third-order valence-electron chi connectivity index (χ3n) is 2.71. The van der Waals surface area contributed by atoms with Crippen molar-refractivity contribution < 1.29 is 14.6 Å². The second-order valence-electron chi connectivity index (χ2n) is 4.08. The highest BCUT2D eigenvalue weighted by Crippen LogP contribution is 2.23. The van der Waals surface area contributed by atoms with Crippen LogP contribution in [0.2, 0.25) is 0 Å². The van der Waals surface area contributed by atoms with Gasteiger partial charge in [-0.05, 0) is 6.07 Å². The molecule has 20 heavy (non-hydrogen) atoms. The van der Waals surface area contributed by atoms with Crippen LogP contribution in [0.1, 0.15) is 11.7 Å². The van der Waals surface area contributed by atoms with Gasteiger partial charge in [-0.3, -0.25) is 5.10 Å². The first-order chi connectivity index (χ1) is 9.70. The van der Waals surface area contributed by atoms with Crippen LogP contribution in [0, 0.1) is 0 Å². The van der Waals surface area contributed by atoms with Crippen molar-refractivity contribution in [3.63, 3.8) is 0 Å². The number of carbonyl (C=O) groups is 1. The first-order valence-electron chi connectivity index (χ1n) is 6.05. The Morgan fingerprint density at radius 3 is 3.00 bits per heavy atom. The van der Waals surface area contributed by atoms with Gasteiger partial charge in [0.2, 0.25) is 0 Å². The molecule has 2 rings (SSSR count). The van der Waals surface area contributed by atoms with E-state index in [1.807, 2.05) is 6.07 Å². The molecule has 2 aromatic rings. The Kier molecular flexibility index (Phi) is 4.56. The number of para-hydroxylation sites is 1. The molecule has 106 valence electrons. The van der Waals surface area contributed by atoms with E-state index in [0.29, 0.717) is 17.0 Å². The predicted molar refractivity (Wildman–Crippen MR) is 73.6 cm³/mol. The van der Waals surface area contributed by atoms with E-state index in [9.17, 15) is 9.90 Å². The van der Waals surface area contributed by atoms with Crippen LogP contribution in [-0.2, 0) is 0 Å². The van der Waals surface area contributed by atoms with Gasteiger partial charge >= 0.3 is 6.03 Å². The van der Waals surface area contributed by atoms with E-state index in [1.165, 1.54) is 13.3 Å². The summed E-state index contributed by atoms with van der Waals surface area (Å²) in [6.07, 6.45) is 2.19. The van der Waals surface area contributed by atoms with E-state index in [1.54, 1.807) is 24.4 Å². The van der Waals surface area contributed by atoms with Gasteiger partial charge in [0.15, 0.2) is 0 Å². The SMILES string of the molecule is COc1ccccc1[C@H](O)CNC(=O)Nc1cn[nH]c1. The predicted octanol–water partition coefficient (Wildman–Crippen LogP) is 1.27. The molecule has 0 aliphatic rings. The largest absolute Gasteiger partial charge is 0.496 e. The number of anilines is 1. The molecule has 0 radical (unpaired) electrons. The molecule has 0 saturated heterocycles. The van der Waals surface area contributed by atoms with Gasteiger partial charge in [0.05, 0.1) is 25.1 Å². The van der Waals surface area contributed by atoms with Gasteiger partial charge in [-0.1, -0.05) is 18.2 Å². The molecule has 0 spiro atoms. The molecule has 0 saturated carbocycles. The maximum Gasteiger partial charge on any atom is 0.319 e. The molecule has 4 N–H and O–H groups in total. The number of amides is 2. The summed E-state index contributed by atoms with van der Waals surface area (Å²) in [7, 11) is 1.53. The maximum absolute atomic E-state index is 11.6. The Balaban J connectivity index is 1.88. The summed E-state index contributed by atoms with van der Waals surface area (Å²) in [4.78, 5) is 11.6. The Morgan fingerprint density at radius 2 is 2.30 bits per heavy atom. The summed E-state index contributed by atoms with van der Waals surface area (Å²) in [6, 6.07) is 6.70. The summed E-state index contributed by atoms with van der Waals surface area (Å²) in [5.41, 5.74) is 1.17. The quantitative estimate of drug-likeness (QED) is 0.661. The molecule has 0 unspecified atom stereocenters. The van der Waals surface area contributed by atoms with Gasteiger partial charge in [0, 0.05) is 18.3 Å². The number of urea groups is 1. The van der Waals surface area contributed by atoms with Crippen molar-refractivity contribution >= 4 is 11.7 Å². The average molecular weight is 276 g/mol. The summed E-state index contributed by atoms with van der Waals surface area (Å²) >= 11 is 0. The van der Waals surface area contributed by atoms with Crippen molar-refractivity contribution in [1.82, 2.24) is 15.5 Å². The number of nitrogens with one attached hydrogen (secondary N) is 3. The number of benzene rings is 1. The number of aromatic nitrogens is 2. The van der Waals surface area contributed by atoms with E-state index in [-0.39, 0.29) is 6.54 Å². The zero-order valence-corrected chi connectivity index (χ0v) is 11.0. The number of hydrogen-bond acceptors (Lipinski definition) is 4. The minimum atomic E-state index is -0.846. The molecule has 0 aliphatic heterocycles. The molecule has 2 amide bonds. The molecule has 1 heterocycles. The Morgan fingerprint density at radius 1 is 1.50 bits per heavy atom. The van der Waals surface area contributed by atoms with Crippen molar-refractivity contribution in [2.24, 2.45) is 0 Å². The molecule has 1 aromatic heterocycles. The standard InChI is InChI=1S/C13H16N4O3/c1-20-12-5-3-2-4-10(12)11(18)8-14-13(19)17-9-6-15-16-7-9/h2-7,11,18H,8H2,1H3,(H,15,16)(H2,14,17,19)/t11-/m1/s1. The lowest BCUT2D eigenvalue weighted by atomic mass is 10.1. The second-order valence-corrected chi connectivity index (χ2v) is 4.08. The van der Waals surface area contributed by atoms with E-state index in [2.05, 4.69) is 20.8 Å². The fraction of sp³-hybridized carbons (Fsp3) is 0.231. The molecular formula is C13H16N4O3. The fourth-order valence-electron chi connectivity index (χ4n) is 1.74. The van der Waals surface area contributed by atoms with Crippen molar-refractivity contribution in [3.8, 4) is 5.75 Å². The molecule has 0 bridgehead atoms. The second kappa shape index (κ2) is 6.58. The topological polar surface area (TPSA) is 99.3 Å².